The highest BCUT2D eigenvalue weighted by atomic mass is 16.5. The molecule has 24 heavy (non-hydrogen) atoms. The van der Waals surface area contributed by atoms with E-state index in [1.54, 1.807) is 4.90 Å². The molecule has 8 heteroatoms. The standard InChI is InChI=1S/C16H28N6O2/c1-5-17-16(19-12-6-7-14(23)22(4)10-12)18-9-8-13-20-15(11(2)3)21-24-13/h11-12H,5-10H2,1-4H3,(H2,17,18,19). The van der Waals surface area contributed by atoms with Crippen LogP contribution in [-0.2, 0) is 11.2 Å². The van der Waals surface area contributed by atoms with Crippen molar-refractivity contribution < 1.29 is 9.32 Å². The van der Waals surface area contributed by atoms with Crippen LogP contribution in [0.15, 0.2) is 9.52 Å². The molecule has 1 aliphatic rings. The Morgan fingerprint density at radius 2 is 2.29 bits per heavy atom. The zero-order chi connectivity index (χ0) is 17.5. The number of likely N-dealkylation sites (tertiary alicyclic amines) is 1. The quantitative estimate of drug-likeness (QED) is 0.592. The lowest BCUT2D eigenvalue weighted by Gasteiger charge is -2.31. The van der Waals surface area contributed by atoms with E-state index in [1.807, 2.05) is 27.8 Å². The molecule has 1 saturated heterocycles. The van der Waals surface area contributed by atoms with Crippen LogP contribution in [0.1, 0.15) is 51.2 Å². The third kappa shape index (κ3) is 5.21. The minimum absolute atomic E-state index is 0.201. The number of likely N-dealkylation sites (N-methyl/N-ethyl adjacent to an activating group) is 1. The third-order valence-corrected chi connectivity index (χ3v) is 3.91. The molecule has 2 heterocycles. The number of carbonyl (C=O) groups excluding carboxylic acids is 1. The third-order valence-electron chi connectivity index (χ3n) is 3.91. The van der Waals surface area contributed by atoms with E-state index in [9.17, 15) is 4.79 Å². The lowest BCUT2D eigenvalue weighted by Crippen LogP contribution is -2.51. The molecular formula is C16H28N6O2. The fourth-order valence-corrected chi connectivity index (χ4v) is 2.51. The van der Waals surface area contributed by atoms with Crippen molar-refractivity contribution in [2.45, 2.75) is 52.0 Å². The first-order valence-electron chi connectivity index (χ1n) is 8.60. The van der Waals surface area contributed by atoms with Gasteiger partial charge >= 0.3 is 0 Å². The second kappa shape index (κ2) is 8.65. The highest BCUT2D eigenvalue weighted by molar-refractivity contribution is 5.81. The SMILES string of the molecule is CCNC(=NCCc1nc(C(C)C)no1)NC1CCC(=O)N(C)C1. The van der Waals surface area contributed by atoms with Gasteiger partial charge in [0, 0.05) is 44.9 Å². The maximum Gasteiger partial charge on any atom is 0.228 e. The summed E-state index contributed by atoms with van der Waals surface area (Å²) in [5.74, 6) is 2.56. The van der Waals surface area contributed by atoms with E-state index in [-0.39, 0.29) is 17.9 Å². The maximum absolute atomic E-state index is 11.6. The second-order valence-electron chi connectivity index (χ2n) is 6.37. The summed E-state index contributed by atoms with van der Waals surface area (Å²) in [7, 11) is 1.84. The van der Waals surface area contributed by atoms with Gasteiger partial charge in [-0.25, -0.2) is 0 Å². The van der Waals surface area contributed by atoms with Gasteiger partial charge in [0.05, 0.1) is 6.54 Å². The Morgan fingerprint density at radius 3 is 2.92 bits per heavy atom. The molecule has 0 bridgehead atoms. The van der Waals surface area contributed by atoms with Crippen molar-refractivity contribution >= 4 is 11.9 Å². The number of aromatic nitrogens is 2. The number of hydrogen-bond acceptors (Lipinski definition) is 5. The van der Waals surface area contributed by atoms with Gasteiger partial charge in [-0.15, -0.1) is 0 Å². The molecule has 0 aliphatic carbocycles. The largest absolute Gasteiger partial charge is 0.357 e. The van der Waals surface area contributed by atoms with Gasteiger partial charge in [-0.3, -0.25) is 9.79 Å². The topological polar surface area (TPSA) is 95.6 Å². The van der Waals surface area contributed by atoms with E-state index in [2.05, 4.69) is 25.8 Å². The zero-order valence-corrected chi connectivity index (χ0v) is 15.0. The zero-order valence-electron chi connectivity index (χ0n) is 15.0. The van der Waals surface area contributed by atoms with Crippen LogP contribution in [0.4, 0.5) is 0 Å². The molecule has 1 aliphatic heterocycles. The van der Waals surface area contributed by atoms with Crippen molar-refractivity contribution in [2.75, 3.05) is 26.7 Å². The number of amides is 1. The predicted octanol–water partition coefficient (Wildman–Crippen LogP) is 0.911. The van der Waals surface area contributed by atoms with Crippen LogP contribution in [0.5, 0.6) is 0 Å². The van der Waals surface area contributed by atoms with Gasteiger partial charge < -0.3 is 20.1 Å². The van der Waals surface area contributed by atoms with Crippen molar-refractivity contribution in [3.8, 4) is 0 Å². The molecule has 0 saturated carbocycles. The van der Waals surface area contributed by atoms with Crippen LogP contribution in [0.25, 0.3) is 0 Å². The lowest BCUT2D eigenvalue weighted by atomic mass is 10.1. The van der Waals surface area contributed by atoms with Crippen molar-refractivity contribution in [1.82, 2.24) is 25.7 Å². The number of rotatable bonds is 6. The summed E-state index contributed by atoms with van der Waals surface area (Å²) in [6.45, 7) is 8.14. The molecule has 0 radical (unpaired) electrons. The molecule has 2 N–H and O–H groups in total. The minimum atomic E-state index is 0.201. The number of nitrogens with one attached hydrogen (secondary N) is 2. The molecule has 134 valence electrons. The van der Waals surface area contributed by atoms with E-state index >= 15 is 0 Å². The molecule has 1 fully saturated rings. The van der Waals surface area contributed by atoms with Gasteiger partial charge in [0.25, 0.3) is 0 Å². The summed E-state index contributed by atoms with van der Waals surface area (Å²) in [6.07, 6.45) is 2.02. The summed E-state index contributed by atoms with van der Waals surface area (Å²) >= 11 is 0. The molecule has 1 aromatic rings. The van der Waals surface area contributed by atoms with Gasteiger partial charge in [0.1, 0.15) is 0 Å². The summed E-state index contributed by atoms with van der Waals surface area (Å²) in [6, 6.07) is 0.224. The average Bonchev–Trinajstić information content (AvgIpc) is 3.00. The highest BCUT2D eigenvalue weighted by Crippen LogP contribution is 2.10. The van der Waals surface area contributed by atoms with E-state index in [4.69, 9.17) is 4.52 Å². The fraction of sp³-hybridized carbons (Fsp3) is 0.750. The Morgan fingerprint density at radius 1 is 1.50 bits per heavy atom. The van der Waals surface area contributed by atoms with Gasteiger partial charge in [-0.05, 0) is 13.3 Å². The van der Waals surface area contributed by atoms with Crippen molar-refractivity contribution in [1.29, 1.82) is 0 Å². The summed E-state index contributed by atoms with van der Waals surface area (Å²) in [4.78, 5) is 22.2. The number of piperidine rings is 1. The van der Waals surface area contributed by atoms with Gasteiger partial charge in [-0.2, -0.15) is 4.98 Å². The molecule has 2 rings (SSSR count). The van der Waals surface area contributed by atoms with Gasteiger partial charge in [0.15, 0.2) is 11.8 Å². The number of guanidine groups is 1. The van der Waals surface area contributed by atoms with Crippen LogP contribution in [0, 0.1) is 0 Å². The first-order chi connectivity index (χ1) is 11.5. The van der Waals surface area contributed by atoms with Crippen LogP contribution in [-0.4, -0.2) is 59.6 Å². The van der Waals surface area contributed by atoms with Crippen LogP contribution in [0.3, 0.4) is 0 Å². The Labute approximate surface area is 143 Å². The molecule has 0 aromatic carbocycles. The van der Waals surface area contributed by atoms with Crippen molar-refractivity contribution in [3.63, 3.8) is 0 Å². The summed E-state index contributed by atoms with van der Waals surface area (Å²) in [5.41, 5.74) is 0. The Bertz CT molecular complexity index is 569. The molecule has 1 unspecified atom stereocenters. The van der Waals surface area contributed by atoms with Crippen LogP contribution in [0.2, 0.25) is 0 Å². The normalized spacial score (nSPS) is 19.0. The second-order valence-corrected chi connectivity index (χ2v) is 6.37. The van der Waals surface area contributed by atoms with E-state index in [1.165, 1.54) is 0 Å². The maximum atomic E-state index is 11.6. The van der Waals surface area contributed by atoms with Crippen molar-refractivity contribution in [3.05, 3.63) is 11.7 Å². The van der Waals surface area contributed by atoms with E-state index in [0.29, 0.717) is 31.8 Å². The lowest BCUT2D eigenvalue weighted by molar-refractivity contribution is -0.132. The number of hydrogen-bond donors (Lipinski definition) is 2. The highest BCUT2D eigenvalue weighted by Gasteiger charge is 2.23. The van der Waals surface area contributed by atoms with Crippen LogP contribution >= 0.6 is 0 Å². The first kappa shape index (κ1) is 18.2. The Balaban J connectivity index is 1.86. The van der Waals surface area contributed by atoms with Gasteiger partial charge in [-0.1, -0.05) is 19.0 Å². The molecule has 0 spiro atoms. The number of nitrogens with zero attached hydrogens (tertiary/aromatic N) is 4. The van der Waals surface area contributed by atoms with Crippen molar-refractivity contribution in [2.24, 2.45) is 4.99 Å². The molecule has 1 amide bonds. The summed E-state index contributed by atoms with van der Waals surface area (Å²) in [5, 5.41) is 10.6. The van der Waals surface area contributed by atoms with E-state index < -0.39 is 0 Å². The number of carbonyl (C=O) groups is 1. The monoisotopic (exact) mass is 336 g/mol. The fourth-order valence-electron chi connectivity index (χ4n) is 2.51. The molecule has 1 aromatic heterocycles. The molecular weight excluding hydrogens is 308 g/mol. The van der Waals surface area contributed by atoms with Gasteiger partial charge in [0.2, 0.25) is 11.8 Å². The minimum Gasteiger partial charge on any atom is -0.357 e. The summed E-state index contributed by atoms with van der Waals surface area (Å²) < 4.78 is 5.23. The van der Waals surface area contributed by atoms with E-state index in [0.717, 1.165) is 24.7 Å². The average molecular weight is 336 g/mol. The first-order valence-corrected chi connectivity index (χ1v) is 8.60. The molecule has 8 nitrogen and oxygen atoms in total. The molecule has 1 atom stereocenters. The predicted molar refractivity (Wildman–Crippen MR) is 91.9 cm³/mol. The number of aliphatic imine (C=N–C) groups is 1. The smallest absolute Gasteiger partial charge is 0.228 e. The Hall–Kier alpha value is -2.12. The van der Waals surface area contributed by atoms with Crippen LogP contribution < -0.4 is 10.6 Å². The Kier molecular flexibility index (Phi) is 6.57.